The third-order valence-electron chi connectivity index (χ3n) is 4.10. The van der Waals surface area contributed by atoms with Crippen molar-refractivity contribution in [2.45, 2.75) is 6.42 Å². The van der Waals surface area contributed by atoms with E-state index >= 15 is 0 Å². The summed E-state index contributed by atoms with van der Waals surface area (Å²) in [6.45, 7) is 0.428. The van der Waals surface area contributed by atoms with Gasteiger partial charge in [0.1, 0.15) is 5.75 Å². The molecule has 3 rings (SSSR count). The van der Waals surface area contributed by atoms with E-state index in [0.29, 0.717) is 28.4 Å². The van der Waals surface area contributed by atoms with E-state index in [2.05, 4.69) is 5.32 Å². The summed E-state index contributed by atoms with van der Waals surface area (Å²) in [7, 11) is 0. The van der Waals surface area contributed by atoms with E-state index in [4.69, 9.17) is 15.7 Å². The average molecular weight is 368 g/mol. The lowest BCUT2D eigenvalue weighted by atomic mass is 10.1. The molecule has 140 valence electrons. The van der Waals surface area contributed by atoms with Crippen molar-refractivity contribution in [1.29, 1.82) is 0 Å². The van der Waals surface area contributed by atoms with Crippen LogP contribution in [0, 0.1) is 0 Å². The lowest BCUT2D eigenvalue weighted by Gasteiger charge is -2.24. The maximum Gasteiger partial charge on any atom is 0.262 e. The number of para-hydroxylation sites is 3. The molecule has 0 fully saturated rings. The van der Waals surface area contributed by atoms with Crippen LogP contribution in [0.15, 0.2) is 60.4 Å². The summed E-state index contributed by atoms with van der Waals surface area (Å²) in [4.78, 5) is 25.8. The van der Waals surface area contributed by atoms with Crippen molar-refractivity contribution < 1.29 is 19.5 Å². The van der Waals surface area contributed by atoms with E-state index in [1.54, 1.807) is 40.7 Å². The molecule has 0 spiro atoms. The van der Waals surface area contributed by atoms with Gasteiger partial charge in [0.05, 0.1) is 17.8 Å². The van der Waals surface area contributed by atoms with Gasteiger partial charge in [0.15, 0.2) is 5.75 Å². The van der Waals surface area contributed by atoms with Gasteiger partial charge < -0.3 is 15.8 Å². The Balaban J connectivity index is 1.86. The number of fused-ring (bicyclic) bond motifs is 2. The highest BCUT2D eigenvalue weighted by atomic mass is 16.5. The molecule has 1 heterocycles. The van der Waals surface area contributed by atoms with Crippen molar-refractivity contribution in [3.63, 3.8) is 0 Å². The van der Waals surface area contributed by atoms with Crippen LogP contribution in [0.4, 0.5) is 5.69 Å². The van der Waals surface area contributed by atoms with Crippen LogP contribution in [0.5, 0.6) is 11.5 Å². The molecule has 0 aromatic heterocycles. The number of carbonyl (C=O) groups is 2. The summed E-state index contributed by atoms with van der Waals surface area (Å²) in [5.74, 6) is 0.317. The molecule has 0 aliphatic carbocycles. The van der Waals surface area contributed by atoms with Gasteiger partial charge in [-0.3, -0.25) is 19.7 Å². The SMILES string of the molecule is N/C=C(/CN1C(=O)c2ccccc2Oc2ccccc21)NCCC(=O)NO. The van der Waals surface area contributed by atoms with Crippen LogP contribution < -0.4 is 26.2 Å². The maximum atomic E-state index is 13.1. The molecular formula is C19H20N4O4. The highest BCUT2D eigenvalue weighted by Crippen LogP contribution is 2.38. The fourth-order valence-electron chi connectivity index (χ4n) is 2.76. The second-order valence-electron chi connectivity index (χ2n) is 5.86. The first kappa shape index (κ1) is 18.3. The third kappa shape index (κ3) is 4.01. The van der Waals surface area contributed by atoms with Gasteiger partial charge in [0.25, 0.3) is 5.91 Å². The van der Waals surface area contributed by atoms with Crippen LogP contribution >= 0.6 is 0 Å². The Hall–Kier alpha value is -3.52. The zero-order chi connectivity index (χ0) is 19.2. The summed E-state index contributed by atoms with van der Waals surface area (Å²) < 4.78 is 5.93. The molecule has 2 aromatic carbocycles. The molecule has 2 amide bonds. The number of hydroxylamine groups is 1. The highest BCUT2D eigenvalue weighted by molar-refractivity contribution is 6.09. The topological polar surface area (TPSA) is 117 Å². The quantitative estimate of drug-likeness (QED) is 0.456. The smallest absolute Gasteiger partial charge is 0.262 e. The number of amides is 2. The zero-order valence-corrected chi connectivity index (χ0v) is 14.5. The van der Waals surface area contributed by atoms with Crippen LogP contribution in [0.25, 0.3) is 0 Å². The second kappa shape index (κ2) is 8.24. The Kier molecular flexibility index (Phi) is 5.58. The molecule has 0 radical (unpaired) electrons. The van der Waals surface area contributed by atoms with Crippen molar-refractivity contribution >= 4 is 17.5 Å². The number of nitrogens with zero attached hydrogens (tertiary/aromatic N) is 1. The maximum absolute atomic E-state index is 13.1. The minimum absolute atomic E-state index is 0.0598. The van der Waals surface area contributed by atoms with Crippen molar-refractivity contribution in [1.82, 2.24) is 10.8 Å². The molecule has 1 aliphatic rings. The van der Waals surface area contributed by atoms with Crippen molar-refractivity contribution in [3.8, 4) is 11.5 Å². The molecule has 2 aromatic rings. The Morgan fingerprint density at radius 2 is 1.85 bits per heavy atom. The number of hydrogen-bond acceptors (Lipinski definition) is 6. The molecule has 1 aliphatic heterocycles. The number of ether oxygens (including phenoxy) is 1. The number of rotatable bonds is 6. The largest absolute Gasteiger partial charge is 0.454 e. The number of carbonyl (C=O) groups excluding carboxylic acids is 2. The van der Waals surface area contributed by atoms with Crippen LogP contribution in [-0.4, -0.2) is 30.1 Å². The van der Waals surface area contributed by atoms with Crippen LogP contribution in [-0.2, 0) is 4.79 Å². The van der Waals surface area contributed by atoms with E-state index in [1.807, 2.05) is 18.2 Å². The predicted octanol–water partition coefficient (Wildman–Crippen LogP) is 1.72. The summed E-state index contributed by atoms with van der Waals surface area (Å²) >= 11 is 0. The molecule has 0 bridgehead atoms. The lowest BCUT2D eigenvalue weighted by Crippen LogP contribution is -2.36. The van der Waals surface area contributed by atoms with Crippen LogP contribution in [0.1, 0.15) is 16.8 Å². The number of nitrogens with one attached hydrogen (secondary N) is 2. The highest BCUT2D eigenvalue weighted by Gasteiger charge is 2.28. The number of anilines is 1. The van der Waals surface area contributed by atoms with Crippen molar-refractivity contribution in [2.75, 3.05) is 18.0 Å². The van der Waals surface area contributed by atoms with Gasteiger partial charge in [-0.1, -0.05) is 24.3 Å². The average Bonchev–Trinajstić information content (AvgIpc) is 2.82. The summed E-state index contributed by atoms with van der Waals surface area (Å²) in [5.41, 5.74) is 8.89. The van der Waals surface area contributed by atoms with Crippen LogP contribution in [0.2, 0.25) is 0 Å². The summed E-state index contributed by atoms with van der Waals surface area (Å²) in [5, 5.41) is 11.6. The van der Waals surface area contributed by atoms with Gasteiger partial charge in [-0.15, -0.1) is 0 Å². The number of hydrogen-bond donors (Lipinski definition) is 4. The minimum atomic E-state index is -0.516. The van der Waals surface area contributed by atoms with Gasteiger partial charge in [-0.05, 0) is 24.3 Å². The molecule has 0 atom stereocenters. The number of nitrogens with two attached hydrogens (primary N) is 1. The Labute approximate surface area is 156 Å². The van der Waals surface area contributed by atoms with E-state index in [9.17, 15) is 9.59 Å². The van der Waals surface area contributed by atoms with Crippen molar-refractivity contribution in [2.24, 2.45) is 5.73 Å². The van der Waals surface area contributed by atoms with E-state index < -0.39 is 5.91 Å². The van der Waals surface area contributed by atoms with Gasteiger partial charge in [-0.2, -0.15) is 0 Å². The summed E-state index contributed by atoms with van der Waals surface area (Å²) in [6, 6.07) is 14.3. The van der Waals surface area contributed by atoms with E-state index in [-0.39, 0.29) is 25.4 Å². The summed E-state index contributed by atoms with van der Waals surface area (Å²) in [6.07, 6.45) is 1.41. The van der Waals surface area contributed by atoms with Gasteiger partial charge in [0.2, 0.25) is 5.91 Å². The van der Waals surface area contributed by atoms with Crippen LogP contribution in [0.3, 0.4) is 0 Å². The fourth-order valence-corrected chi connectivity index (χ4v) is 2.76. The Morgan fingerprint density at radius 3 is 2.59 bits per heavy atom. The van der Waals surface area contributed by atoms with Gasteiger partial charge in [-0.25, -0.2) is 5.48 Å². The molecule has 0 saturated carbocycles. The fraction of sp³-hybridized carbons (Fsp3) is 0.158. The molecule has 0 saturated heterocycles. The number of benzene rings is 2. The molecular weight excluding hydrogens is 348 g/mol. The predicted molar refractivity (Wildman–Crippen MR) is 99.5 cm³/mol. The molecule has 8 heteroatoms. The molecule has 8 nitrogen and oxygen atoms in total. The standard InChI is InChI=1S/C19H20N4O4/c20-11-13(21-10-9-18(24)22-26)12-23-15-6-2-4-8-17(15)27-16-7-3-1-5-14(16)19(23)25/h1-8,11,21,26H,9-10,12,20H2,(H,22,24)/b13-11-. The van der Waals surface area contributed by atoms with Gasteiger partial charge >= 0.3 is 0 Å². The molecule has 27 heavy (non-hydrogen) atoms. The lowest BCUT2D eigenvalue weighted by molar-refractivity contribution is -0.129. The van der Waals surface area contributed by atoms with Gasteiger partial charge in [0, 0.05) is 24.9 Å². The van der Waals surface area contributed by atoms with E-state index in [0.717, 1.165) is 0 Å². The monoisotopic (exact) mass is 368 g/mol. The third-order valence-corrected chi connectivity index (χ3v) is 4.10. The second-order valence-corrected chi connectivity index (χ2v) is 5.86. The normalized spacial score (nSPS) is 13.1. The first-order chi connectivity index (χ1) is 13.1. The van der Waals surface area contributed by atoms with Crippen molar-refractivity contribution in [3.05, 3.63) is 66.0 Å². The first-order valence-corrected chi connectivity index (χ1v) is 8.39. The first-order valence-electron chi connectivity index (χ1n) is 8.39. The minimum Gasteiger partial charge on any atom is -0.454 e. The molecule has 5 N–H and O–H groups in total. The Bertz CT molecular complexity index is 882. The van der Waals surface area contributed by atoms with E-state index in [1.165, 1.54) is 6.20 Å². The zero-order valence-electron chi connectivity index (χ0n) is 14.5. The Morgan fingerprint density at radius 1 is 1.15 bits per heavy atom. The molecule has 0 unspecified atom stereocenters.